The number of pyridine rings is 1. The van der Waals surface area contributed by atoms with Crippen LogP contribution >= 0.6 is 0 Å². The molecule has 12 heteroatoms. The molecule has 3 N–H and O–H groups in total. The summed E-state index contributed by atoms with van der Waals surface area (Å²) in [6.45, 7) is 16.5. The Morgan fingerprint density at radius 3 is 2.56 bits per heavy atom. The van der Waals surface area contributed by atoms with Crippen molar-refractivity contribution in [3.63, 3.8) is 0 Å². The topological polar surface area (TPSA) is 131 Å². The summed E-state index contributed by atoms with van der Waals surface area (Å²) in [5, 5.41) is 29.4. The van der Waals surface area contributed by atoms with Gasteiger partial charge < -0.3 is 24.8 Å². The number of rotatable bonds is 10. The predicted octanol–water partition coefficient (Wildman–Crippen LogP) is 6.67. The van der Waals surface area contributed by atoms with Crippen LogP contribution in [-0.4, -0.2) is 73.5 Å². The number of hydrogen-bond acceptors (Lipinski definition) is 8. The largest absolute Gasteiger partial charge is 0.489 e. The number of amides is 2. The zero-order valence-electron chi connectivity index (χ0n) is 30.4. The minimum atomic E-state index is -0.361. The Morgan fingerprint density at radius 1 is 1.04 bits per heavy atom. The molecule has 1 fully saturated rings. The summed E-state index contributed by atoms with van der Waals surface area (Å²) in [7, 11) is 0. The number of ether oxygens (including phenoxy) is 2. The minimum absolute atomic E-state index is 0.0491. The molecule has 2 aliphatic rings. The summed E-state index contributed by atoms with van der Waals surface area (Å²) in [5.41, 5.74) is 3.72. The third-order valence-electron chi connectivity index (χ3n) is 9.40. The van der Waals surface area contributed by atoms with Crippen LogP contribution in [0.25, 0.3) is 11.3 Å². The SMILES string of the molecule is C=CCOC1CCN(c2nnc3ccc(O[C@H]4C/C=C\C=C/C(=C)[C@@H](NC(=O)Nc5cc(C(C)(C)C)nn5-c5ccc(CO)cc5)CC4)cn23)CC1. The quantitative estimate of drug-likeness (QED) is 0.156. The molecule has 3 aromatic heterocycles. The number of allylic oxidation sites excluding steroid dienone is 2. The van der Waals surface area contributed by atoms with Crippen LogP contribution in [-0.2, 0) is 16.8 Å². The highest BCUT2D eigenvalue weighted by molar-refractivity contribution is 5.89. The van der Waals surface area contributed by atoms with E-state index in [0.717, 1.165) is 65.8 Å². The number of hydrogen-bond donors (Lipinski definition) is 3. The zero-order chi connectivity index (χ0) is 36.7. The predicted molar refractivity (Wildman–Crippen MR) is 204 cm³/mol. The summed E-state index contributed by atoms with van der Waals surface area (Å²) >= 11 is 0. The van der Waals surface area contributed by atoms with E-state index in [1.54, 1.807) is 10.8 Å². The van der Waals surface area contributed by atoms with Crippen molar-refractivity contribution in [2.45, 2.75) is 83.1 Å². The second-order valence-electron chi connectivity index (χ2n) is 14.4. The Morgan fingerprint density at radius 2 is 1.83 bits per heavy atom. The van der Waals surface area contributed by atoms with Crippen LogP contribution in [0.4, 0.5) is 16.6 Å². The van der Waals surface area contributed by atoms with Crippen LogP contribution in [0.1, 0.15) is 64.1 Å². The van der Waals surface area contributed by atoms with Crippen molar-refractivity contribution < 1.29 is 19.4 Å². The Bertz CT molecular complexity index is 1910. The number of aromatic nitrogens is 5. The first-order chi connectivity index (χ1) is 25.1. The Labute approximate surface area is 305 Å². The van der Waals surface area contributed by atoms with Crippen molar-refractivity contribution >= 4 is 23.4 Å². The number of piperidine rings is 1. The second kappa shape index (κ2) is 16.4. The number of benzene rings is 1. The van der Waals surface area contributed by atoms with Gasteiger partial charge in [0, 0.05) is 31.0 Å². The molecular weight excluding hydrogens is 656 g/mol. The van der Waals surface area contributed by atoms with Crippen LogP contribution in [0, 0.1) is 0 Å². The molecule has 4 aromatic rings. The number of urea groups is 1. The van der Waals surface area contributed by atoms with E-state index in [1.807, 2.05) is 71.3 Å². The van der Waals surface area contributed by atoms with Crippen molar-refractivity contribution in [2.75, 3.05) is 29.9 Å². The van der Waals surface area contributed by atoms with E-state index in [0.29, 0.717) is 31.7 Å². The molecule has 0 radical (unpaired) electrons. The van der Waals surface area contributed by atoms with Crippen LogP contribution in [0.3, 0.4) is 0 Å². The maximum atomic E-state index is 13.6. The molecule has 0 saturated carbocycles. The lowest BCUT2D eigenvalue weighted by Crippen LogP contribution is -2.40. The second-order valence-corrected chi connectivity index (χ2v) is 14.4. The average Bonchev–Trinajstić information content (AvgIpc) is 3.76. The fourth-order valence-corrected chi connectivity index (χ4v) is 6.38. The van der Waals surface area contributed by atoms with Crippen molar-refractivity contribution in [3.05, 3.63) is 109 Å². The Balaban J connectivity index is 1.13. The van der Waals surface area contributed by atoms with Gasteiger partial charge in [0.2, 0.25) is 5.95 Å². The molecule has 1 aliphatic carbocycles. The van der Waals surface area contributed by atoms with Gasteiger partial charge in [0.25, 0.3) is 0 Å². The lowest BCUT2D eigenvalue weighted by Gasteiger charge is -2.31. The van der Waals surface area contributed by atoms with E-state index in [1.165, 1.54) is 0 Å². The summed E-state index contributed by atoms with van der Waals surface area (Å²) in [6, 6.07) is 12.5. The first kappa shape index (κ1) is 36.6. The molecule has 2 amide bonds. The molecular formula is C40H50N8O4. The number of nitrogens with zero attached hydrogens (tertiary/aromatic N) is 6. The van der Waals surface area contributed by atoms with Crippen molar-refractivity contribution in [1.82, 2.24) is 29.7 Å². The maximum absolute atomic E-state index is 13.6. The molecule has 0 spiro atoms. The molecule has 1 saturated heterocycles. The smallest absolute Gasteiger partial charge is 0.320 e. The molecule has 52 heavy (non-hydrogen) atoms. The third kappa shape index (κ3) is 8.99. The van der Waals surface area contributed by atoms with Crippen LogP contribution in [0.15, 0.2) is 97.8 Å². The zero-order valence-corrected chi connectivity index (χ0v) is 30.4. The molecule has 0 bridgehead atoms. The van der Waals surface area contributed by atoms with Gasteiger partial charge in [-0.15, -0.1) is 16.8 Å². The number of aliphatic hydroxyl groups is 1. The summed E-state index contributed by atoms with van der Waals surface area (Å²) in [4.78, 5) is 15.8. The normalized spacial score (nSPS) is 20.0. The van der Waals surface area contributed by atoms with E-state index in [9.17, 15) is 9.90 Å². The first-order valence-electron chi connectivity index (χ1n) is 18.0. The lowest BCUT2D eigenvalue weighted by atomic mass is 9.92. The number of fused-ring (bicyclic) bond motifs is 1. The van der Waals surface area contributed by atoms with Gasteiger partial charge in [0.05, 0.1) is 42.9 Å². The number of anilines is 2. The number of aliphatic hydroxyl groups excluding tert-OH is 1. The van der Waals surface area contributed by atoms with Gasteiger partial charge in [0.15, 0.2) is 5.65 Å². The monoisotopic (exact) mass is 706 g/mol. The molecule has 1 aliphatic heterocycles. The van der Waals surface area contributed by atoms with Gasteiger partial charge in [0.1, 0.15) is 17.7 Å². The summed E-state index contributed by atoms with van der Waals surface area (Å²) < 4.78 is 16.2. The van der Waals surface area contributed by atoms with E-state index in [2.05, 4.69) is 65.7 Å². The van der Waals surface area contributed by atoms with Crippen molar-refractivity contribution in [1.29, 1.82) is 0 Å². The first-order valence-corrected chi connectivity index (χ1v) is 18.0. The highest BCUT2D eigenvalue weighted by Crippen LogP contribution is 2.28. The summed E-state index contributed by atoms with van der Waals surface area (Å²) in [5.74, 6) is 2.06. The standard InChI is InChI=1S/C40H50N8O4/c1-6-24-51-31-20-22-46(23-21-31)39-44-43-36-19-17-33(26-47(36)39)52-32-11-9-7-8-10-28(2)34(18-16-32)41-38(50)42-37-25-35(40(3,4)5)45-48(37)30-14-12-29(27-49)13-15-30/h6-10,12-15,17,19,25-26,31-32,34,49H,1-2,11,16,18,20-24,27H2,3-5H3,(H2,41,42,50)/b9-7-,10-8-/t32-,34-/m0/s1. The van der Waals surface area contributed by atoms with E-state index in [-0.39, 0.29) is 36.3 Å². The van der Waals surface area contributed by atoms with Gasteiger partial charge in [-0.1, -0.05) is 69.9 Å². The van der Waals surface area contributed by atoms with Crippen molar-refractivity contribution in [3.8, 4) is 11.4 Å². The van der Waals surface area contributed by atoms with Crippen LogP contribution < -0.4 is 20.3 Å². The van der Waals surface area contributed by atoms with E-state index in [4.69, 9.17) is 14.6 Å². The van der Waals surface area contributed by atoms with E-state index < -0.39 is 0 Å². The molecule has 0 unspecified atom stereocenters. The molecule has 12 nitrogen and oxygen atoms in total. The number of carbonyl (C=O) groups is 1. The molecule has 2 atom stereocenters. The van der Waals surface area contributed by atoms with Crippen LogP contribution in [0.5, 0.6) is 5.75 Å². The number of carbonyl (C=O) groups excluding carboxylic acids is 1. The summed E-state index contributed by atoms with van der Waals surface area (Å²) in [6.07, 6.45) is 15.6. The average molecular weight is 707 g/mol. The Kier molecular flexibility index (Phi) is 11.6. The number of nitrogens with one attached hydrogen (secondary N) is 2. The molecule has 1 aromatic carbocycles. The van der Waals surface area contributed by atoms with Gasteiger partial charge in [-0.25, -0.2) is 9.48 Å². The van der Waals surface area contributed by atoms with Gasteiger partial charge in [-0.2, -0.15) is 5.10 Å². The molecule has 274 valence electrons. The fraction of sp³-hybridized carbons (Fsp3) is 0.400. The fourth-order valence-electron chi connectivity index (χ4n) is 6.38. The lowest BCUT2D eigenvalue weighted by molar-refractivity contribution is 0.0561. The van der Waals surface area contributed by atoms with Gasteiger partial charge in [-0.3, -0.25) is 9.72 Å². The van der Waals surface area contributed by atoms with Gasteiger partial charge in [-0.05, 0) is 61.1 Å². The van der Waals surface area contributed by atoms with Crippen molar-refractivity contribution in [2.24, 2.45) is 0 Å². The Hall–Kier alpha value is -5.20. The molecule has 4 heterocycles. The minimum Gasteiger partial charge on any atom is -0.489 e. The van der Waals surface area contributed by atoms with Crippen LogP contribution in [0.2, 0.25) is 0 Å². The highest BCUT2D eigenvalue weighted by atomic mass is 16.5. The highest BCUT2D eigenvalue weighted by Gasteiger charge is 2.25. The van der Waals surface area contributed by atoms with E-state index >= 15 is 0 Å². The maximum Gasteiger partial charge on any atom is 0.320 e. The molecule has 6 rings (SSSR count). The van der Waals surface area contributed by atoms with Gasteiger partial charge >= 0.3 is 6.03 Å². The third-order valence-corrected chi connectivity index (χ3v) is 9.40.